The van der Waals surface area contributed by atoms with E-state index in [1.165, 1.54) is 12.1 Å². The predicted octanol–water partition coefficient (Wildman–Crippen LogP) is 3.13. The van der Waals surface area contributed by atoms with Crippen molar-refractivity contribution in [3.8, 4) is 0 Å². The maximum atomic E-state index is 13.4. The summed E-state index contributed by atoms with van der Waals surface area (Å²) in [6, 6.07) is 8.35. The molecular formula is C18H18F3NO3S. The van der Waals surface area contributed by atoms with E-state index in [0.29, 0.717) is 32.1 Å². The Morgan fingerprint density at radius 3 is 2.23 bits per heavy atom. The number of ether oxygens (including phenoxy) is 1. The van der Waals surface area contributed by atoms with E-state index in [0.717, 1.165) is 17.7 Å². The standard InChI is InChI=1S/C18H18F3NO3S/c19-14-3-1-13(2-4-14)18(7-9-25-10-8-18)12-22-26(23,24)15-5-6-16(20)17(21)11-15/h1-6,11,22H,7-10,12H2. The SMILES string of the molecule is O=S(=O)(NCC1(c2ccc(F)cc2)CCOCC1)c1ccc(F)c(F)c1. The number of hydrogen-bond donors (Lipinski definition) is 1. The first-order valence-electron chi connectivity index (χ1n) is 8.11. The highest BCUT2D eigenvalue weighted by atomic mass is 32.2. The average molecular weight is 385 g/mol. The van der Waals surface area contributed by atoms with Gasteiger partial charge in [-0.25, -0.2) is 26.3 Å². The van der Waals surface area contributed by atoms with Crippen molar-refractivity contribution < 1.29 is 26.3 Å². The van der Waals surface area contributed by atoms with Crippen LogP contribution in [0.4, 0.5) is 13.2 Å². The molecule has 1 aliphatic heterocycles. The zero-order chi connectivity index (χ0) is 18.8. The molecule has 26 heavy (non-hydrogen) atoms. The lowest BCUT2D eigenvalue weighted by Gasteiger charge is -2.37. The van der Waals surface area contributed by atoms with Gasteiger partial charge in [-0.05, 0) is 48.7 Å². The summed E-state index contributed by atoms with van der Waals surface area (Å²) in [4.78, 5) is -0.349. The van der Waals surface area contributed by atoms with E-state index in [2.05, 4.69) is 4.72 Å². The van der Waals surface area contributed by atoms with Crippen LogP contribution in [-0.4, -0.2) is 28.2 Å². The molecule has 0 spiro atoms. The number of sulfonamides is 1. The third-order valence-corrected chi connectivity index (χ3v) is 6.11. The lowest BCUT2D eigenvalue weighted by Crippen LogP contribution is -2.44. The molecule has 1 saturated heterocycles. The molecule has 0 unspecified atom stereocenters. The maximum Gasteiger partial charge on any atom is 0.240 e. The van der Waals surface area contributed by atoms with Gasteiger partial charge in [0, 0.05) is 25.2 Å². The fourth-order valence-electron chi connectivity index (χ4n) is 3.09. The van der Waals surface area contributed by atoms with Gasteiger partial charge in [-0.2, -0.15) is 0 Å². The maximum absolute atomic E-state index is 13.4. The molecule has 1 heterocycles. The molecule has 2 aromatic rings. The molecule has 1 fully saturated rings. The van der Waals surface area contributed by atoms with E-state index < -0.39 is 27.1 Å². The Balaban J connectivity index is 1.85. The number of benzene rings is 2. The smallest absolute Gasteiger partial charge is 0.240 e. The minimum absolute atomic E-state index is 0.0450. The van der Waals surface area contributed by atoms with Crippen molar-refractivity contribution in [1.82, 2.24) is 4.72 Å². The molecular weight excluding hydrogens is 367 g/mol. The molecule has 4 nitrogen and oxygen atoms in total. The molecule has 8 heteroatoms. The van der Waals surface area contributed by atoms with Gasteiger partial charge in [0.25, 0.3) is 0 Å². The summed E-state index contributed by atoms with van der Waals surface area (Å²) < 4.78 is 72.5. The molecule has 0 amide bonds. The zero-order valence-electron chi connectivity index (χ0n) is 13.8. The summed E-state index contributed by atoms with van der Waals surface area (Å²) in [5.74, 6) is -2.72. The topological polar surface area (TPSA) is 55.4 Å². The predicted molar refractivity (Wildman–Crippen MR) is 89.7 cm³/mol. The Labute approximate surface area is 150 Å². The summed E-state index contributed by atoms with van der Waals surface area (Å²) >= 11 is 0. The van der Waals surface area contributed by atoms with Gasteiger partial charge < -0.3 is 4.74 Å². The number of halogens is 3. The number of rotatable bonds is 5. The number of hydrogen-bond acceptors (Lipinski definition) is 3. The first-order chi connectivity index (χ1) is 12.3. The van der Waals surface area contributed by atoms with Crippen LogP contribution in [0.5, 0.6) is 0 Å². The van der Waals surface area contributed by atoms with Gasteiger partial charge in [0.2, 0.25) is 10.0 Å². The van der Waals surface area contributed by atoms with Crippen LogP contribution >= 0.6 is 0 Å². The Hall–Kier alpha value is -1.90. The molecule has 0 aliphatic carbocycles. The van der Waals surface area contributed by atoms with Crippen molar-refractivity contribution in [3.05, 3.63) is 65.5 Å². The molecule has 0 atom stereocenters. The normalized spacial score (nSPS) is 17.2. The molecule has 2 aromatic carbocycles. The summed E-state index contributed by atoms with van der Waals surface area (Å²) in [5.41, 5.74) is 0.243. The van der Waals surface area contributed by atoms with Crippen LogP contribution in [-0.2, 0) is 20.2 Å². The Bertz CT molecular complexity index is 879. The van der Waals surface area contributed by atoms with E-state index >= 15 is 0 Å². The van der Waals surface area contributed by atoms with Crippen LogP contribution in [0.15, 0.2) is 47.4 Å². The van der Waals surface area contributed by atoms with E-state index in [-0.39, 0.29) is 17.3 Å². The zero-order valence-corrected chi connectivity index (χ0v) is 14.7. The molecule has 0 radical (unpaired) electrons. The first-order valence-corrected chi connectivity index (χ1v) is 9.59. The summed E-state index contributed by atoms with van der Waals surface area (Å²) in [6.07, 6.45) is 1.11. The van der Waals surface area contributed by atoms with Crippen LogP contribution in [0.2, 0.25) is 0 Å². The molecule has 0 saturated carbocycles. The molecule has 1 N–H and O–H groups in total. The fraction of sp³-hybridized carbons (Fsp3) is 0.333. The van der Waals surface area contributed by atoms with Gasteiger partial charge in [0.15, 0.2) is 11.6 Å². The van der Waals surface area contributed by atoms with E-state index in [4.69, 9.17) is 4.74 Å². The average Bonchev–Trinajstić information content (AvgIpc) is 2.64. The Morgan fingerprint density at radius 1 is 0.962 bits per heavy atom. The van der Waals surface area contributed by atoms with Gasteiger partial charge in [-0.3, -0.25) is 0 Å². The third kappa shape index (κ3) is 3.92. The van der Waals surface area contributed by atoms with Gasteiger partial charge in [0.05, 0.1) is 4.90 Å². The quantitative estimate of drug-likeness (QED) is 0.860. The van der Waals surface area contributed by atoms with Crippen molar-refractivity contribution in [2.45, 2.75) is 23.2 Å². The molecule has 140 valence electrons. The van der Waals surface area contributed by atoms with Crippen LogP contribution < -0.4 is 4.72 Å². The summed E-state index contributed by atoms with van der Waals surface area (Å²) in [6.45, 7) is 0.942. The summed E-state index contributed by atoms with van der Waals surface area (Å²) in [5, 5.41) is 0. The van der Waals surface area contributed by atoms with E-state index in [1.807, 2.05) is 0 Å². The molecule has 0 aromatic heterocycles. The number of nitrogens with one attached hydrogen (secondary N) is 1. The van der Waals surface area contributed by atoms with Crippen molar-refractivity contribution in [2.75, 3.05) is 19.8 Å². The highest BCUT2D eigenvalue weighted by molar-refractivity contribution is 7.89. The molecule has 3 rings (SSSR count). The van der Waals surface area contributed by atoms with Crippen LogP contribution in [0, 0.1) is 17.5 Å². The largest absolute Gasteiger partial charge is 0.381 e. The first kappa shape index (κ1) is 18.9. The minimum atomic E-state index is -4.02. The van der Waals surface area contributed by atoms with E-state index in [1.54, 1.807) is 12.1 Å². The van der Waals surface area contributed by atoms with Crippen LogP contribution in [0.3, 0.4) is 0 Å². The van der Waals surface area contributed by atoms with Gasteiger partial charge in [-0.1, -0.05) is 12.1 Å². The second kappa shape index (κ2) is 7.38. The summed E-state index contributed by atoms with van der Waals surface area (Å²) in [7, 11) is -4.02. The van der Waals surface area contributed by atoms with E-state index in [9.17, 15) is 21.6 Å². The Morgan fingerprint density at radius 2 is 1.62 bits per heavy atom. The van der Waals surface area contributed by atoms with Crippen molar-refractivity contribution >= 4 is 10.0 Å². The van der Waals surface area contributed by atoms with Gasteiger partial charge >= 0.3 is 0 Å². The van der Waals surface area contributed by atoms with Crippen LogP contribution in [0.1, 0.15) is 18.4 Å². The second-order valence-electron chi connectivity index (χ2n) is 6.30. The second-order valence-corrected chi connectivity index (χ2v) is 8.07. The third-order valence-electron chi connectivity index (χ3n) is 4.71. The fourth-order valence-corrected chi connectivity index (χ4v) is 4.23. The van der Waals surface area contributed by atoms with Crippen LogP contribution in [0.25, 0.3) is 0 Å². The van der Waals surface area contributed by atoms with Crippen molar-refractivity contribution in [1.29, 1.82) is 0 Å². The van der Waals surface area contributed by atoms with Crippen molar-refractivity contribution in [3.63, 3.8) is 0 Å². The minimum Gasteiger partial charge on any atom is -0.381 e. The lowest BCUT2D eigenvalue weighted by molar-refractivity contribution is 0.0517. The molecule has 1 aliphatic rings. The van der Waals surface area contributed by atoms with Gasteiger partial charge in [-0.15, -0.1) is 0 Å². The highest BCUT2D eigenvalue weighted by Gasteiger charge is 2.36. The lowest BCUT2D eigenvalue weighted by atomic mass is 9.74. The van der Waals surface area contributed by atoms with Crippen molar-refractivity contribution in [2.24, 2.45) is 0 Å². The van der Waals surface area contributed by atoms with Gasteiger partial charge in [0.1, 0.15) is 5.82 Å². The Kier molecular flexibility index (Phi) is 5.36. The monoisotopic (exact) mass is 385 g/mol. The highest BCUT2D eigenvalue weighted by Crippen LogP contribution is 2.34. The molecule has 0 bridgehead atoms.